The Balaban J connectivity index is 1.53. The standard InChI is InChI=1S/C15H24N2S/c1-2-9-17-10-4-8-16(13-14(17)5-1)11-7-15-6-3-12-18-15/h3,6,12,14H,1-2,4-5,7-11,13H2. The summed E-state index contributed by atoms with van der Waals surface area (Å²) in [6.45, 7) is 6.55. The molecule has 0 saturated carbocycles. The van der Waals surface area contributed by atoms with Crippen LogP contribution in [0.5, 0.6) is 0 Å². The van der Waals surface area contributed by atoms with Gasteiger partial charge in [-0.25, -0.2) is 0 Å². The molecule has 0 aromatic carbocycles. The number of hydrogen-bond acceptors (Lipinski definition) is 3. The van der Waals surface area contributed by atoms with E-state index in [1.54, 1.807) is 4.88 Å². The average Bonchev–Trinajstić information content (AvgIpc) is 2.82. The van der Waals surface area contributed by atoms with Gasteiger partial charge in [0.15, 0.2) is 0 Å². The molecule has 3 heteroatoms. The van der Waals surface area contributed by atoms with Crippen LogP contribution in [0.1, 0.15) is 30.6 Å². The lowest BCUT2D eigenvalue weighted by molar-refractivity contribution is 0.137. The van der Waals surface area contributed by atoms with Crippen molar-refractivity contribution in [3.63, 3.8) is 0 Å². The molecular formula is C15H24N2S. The Morgan fingerprint density at radius 2 is 2.11 bits per heavy atom. The van der Waals surface area contributed by atoms with Gasteiger partial charge in [0.25, 0.3) is 0 Å². The molecule has 1 unspecified atom stereocenters. The number of rotatable bonds is 3. The van der Waals surface area contributed by atoms with Crippen LogP contribution in [0, 0.1) is 0 Å². The summed E-state index contributed by atoms with van der Waals surface area (Å²) in [5, 5.41) is 2.20. The summed E-state index contributed by atoms with van der Waals surface area (Å²) in [6, 6.07) is 5.30. The normalized spacial score (nSPS) is 26.8. The molecule has 2 fully saturated rings. The first-order valence-corrected chi connectivity index (χ1v) is 8.28. The molecule has 1 aromatic rings. The number of fused-ring (bicyclic) bond motifs is 1. The molecule has 0 spiro atoms. The van der Waals surface area contributed by atoms with Crippen LogP contribution >= 0.6 is 11.3 Å². The lowest BCUT2D eigenvalue weighted by Gasteiger charge is -2.35. The van der Waals surface area contributed by atoms with Crippen LogP contribution in [0.25, 0.3) is 0 Å². The summed E-state index contributed by atoms with van der Waals surface area (Å²) in [5.41, 5.74) is 0. The van der Waals surface area contributed by atoms with Gasteiger partial charge in [0.2, 0.25) is 0 Å². The van der Waals surface area contributed by atoms with Gasteiger partial charge in [-0.2, -0.15) is 0 Å². The monoisotopic (exact) mass is 264 g/mol. The molecule has 3 rings (SSSR count). The average molecular weight is 264 g/mol. The predicted molar refractivity (Wildman–Crippen MR) is 78.3 cm³/mol. The molecule has 18 heavy (non-hydrogen) atoms. The van der Waals surface area contributed by atoms with Crippen molar-refractivity contribution in [1.82, 2.24) is 9.80 Å². The topological polar surface area (TPSA) is 6.48 Å². The smallest absolute Gasteiger partial charge is 0.0223 e. The first-order chi connectivity index (χ1) is 8.92. The Hall–Kier alpha value is -0.380. The van der Waals surface area contributed by atoms with Crippen molar-refractivity contribution in [1.29, 1.82) is 0 Å². The zero-order valence-electron chi connectivity index (χ0n) is 11.2. The van der Waals surface area contributed by atoms with Crippen LogP contribution in [0.4, 0.5) is 0 Å². The summed E-state index contributed by atoms with van der Waals surface area (Å²) in [5.74, 6) is 0. The van der Waals surface area contributed by atoms with E-state index in [1.165, 1.54) is 64.8 Å². The molecule has 2 aliphatic heterocycles. The number of nitrogens with zero attached hydrogens (tertiary/aromatic N) is 2. The molecule has 1 aromatic heterocycles. The molecule has 1 atom stereocenters. The number of thiophene rings is 1. The minimum atomic E-state index is 0.851. The molecule has 0 radical (unpaired) electrons. The van der Waals surface area contributed by atoms with E-state index in [0.29, 0.717) is 0 Å². The van der Waals surface area contributed by atoms with Gasteiger partial charge in [-0.15, -0.1) is 11.3 Å². The van der Waals surface area contributed by atoms with E-state index in [2.05, 4.69) is 27.3 Å². The zero-order chi connectivity index (χ0) is 12.2. The third-order valence-corrected chi connectivity index (χ3v) is 5.33. The highest BCUT2D eigenvalue weighted by molar-refractivity contribution is 7.09. The third kappa shape index (κ3) is 3.14. The maximum absolute atomic E-state index is 2.74. The van der Waals surface area contributed by atoms with Gasteiger partial charge in [-0.1, -0.05) is 12.5 Å². The third-order valence-electron chi connectivity index (χ3n) is 4.39. The highest BCUT2D eigenvalue weighted by Gasteiger charge is 2.26. The number of piperidine rings is 1. The van der Waals surface area contributed by atoms with E-state index < -0.39 is 0 Å². The minimum absolute atomic E-state index is 0.851. The maximum atomic E-state index is 2.74. The fourth-order valence-electron chi connectivity index (χ4n) is 3.37. The molecular weight excluding hydrogens is 240 g/mol. The van der Waals surface area contributed by atoms with E-state index in [1.807, 2.05) is 11.3 Å². The van der Waals surface area contributed by atoms with Crippen molar-refractivity contribution in [2.24, 2.45) is 0 Å². The van der Waals surface area contributed by atoms with Gasteiger partial charge in [0.05, 0.1) is 0 Å². The molecule has 2 saturated heterocycles. The number of hydrogen-bond donors (Lipinski definition) is 0. The largest absolute Gasteiger partial charge is 0.301 e. The summed E-state index contributed by atoms with van der Waals surface area (Å²) in [7, 11) is 0. The fraction of sp³-hybridized carbons (Fsp3) is 0.733. The van der Waals surface area contributed by atoms with Crippen molar-refractivity contribution in [2.75, 3.05) is 32.7 Å². The molecule has 0 aliphatic carbocycles. The SMILES string of the molecule is c1csc(CCN2CCCN3CCCCC3C2)c1. The van der Waals surface area contributed by atoms with E-state index in [-0.39, 0.29) is 0 Å². The second-order valence-corrected chi connectivity index (χ2v) is 6.70. The van der Waals surface area contributed by atoms with Crippen molar-refractivity contribution in [2.45, 2.75) is 38.1 Å². The van der Waals surface area contributed by atoms with Gasteiger partial charge in [-0.05, 0) is 56.8 Å². The van der Waals surface area contributed by atoms with Gasteiger partial charge < -0.3 is 4.90 Å². The van der Waals surface area contributed by atoms with Crippen LogP contribution in [0.3, 0.4) is 0 Å². The van der Waals surface area contributed by atoms with E-state index in [0.717, 1.165) is 6.04 Å². The van der Waals surface area contributed by atoms with Crippen LogP contribution in [0.2, 0.25) is 0 Å². The minimum Gasteiger partial charge on any atom is -0.301 e. The lowest BCUT2D eigenvalue weighted by atomic mass is 10.0. The highest BCUT2D eigenvalue weighted by Crippen LogP contribution is 2.21. The Morgan fingerprint density at radius 3 is 3.00 bits per heavy atom. The highest BCUT2D eigenvalue weighted by atomic mass is 32.1. The first-order valence-electron chi connectivity index (χ1n) is 7.40. The lowest BCUT2D eigenvalue weighted by Crippen LogP contribution is -2.44. The maximum Gasteiger partial charge on any atom is 0.0223 e. The van der Waals surface area contributed by atoms with Crippen LogP contribution in [-0.2, 0) is 6.42 Å². The Bertz CT molecular complexity index is 349. The van der Waals surface area contributed by atoms with Gasteiger partial charge >= 0.3 is 0 Å². The first kappa shape index (κ1) is 12.6. The quantitative estimate of drug-likeness (QED) is 0.828. The predicted octanol–water partition coefficient (Wildman–Crippen LogP) is 2.85. The molecule has 0 bridgehead atoms. The van der Waals surface area contributed by atoms with Gasteiger partial charge in [0.1, 0.15) is 0 Å². The molecule has 0 amide bonds. The van der Waals surface area contributed by atoms with E-state index >= 15 is 0 Å². The van der Waals surface area contributed by atoms with E-state index in [9.17, 15) is 0 Å². The Labute approximate surface area is 115 Å². The zero-order valence-corrected chi connectivity index (χ0v) is 12.0. The fourth-order valence-corrected chi connectivity index (χ4v) is 4.07. The van der Waals surface area contributed by atoms with Crippen molar-refractivity contribution in [3.8, 4) is 0 Å². The second kappa shape index (κ2) is 6.18. The Kier molecular flexibility index (Phi) is 4.34. The van der Waals surface area contributed by atoms with E-state index in [4.69, 9.17) is 0 Å². The van der Waals surface area contributed by atoms with Crippen LogP contribution < -0.4 is 0 Å². The van der Waals surface area contributed by atoms with Crippen molar-refractivity contribution in [3.05, 3.63) is 22.4 Å². The molecule has 2 aliphatic rings. The van der Waals surface area contributed by atoms with Gasteiger partial charge in [0, 0.05) is 24.0 Å². The van der Waals surface area contributed by atoms with Crippen molar-refractivity contribution < 1.29 is 0 Å². The summed E-state index contributed by atoms with van der Waals surface area (Å²) in [4.78, 5) is 6.99. The summed E-state index contributed by atoms with van der Waals surface area (Å²) in [6.07, 6.45) is 6.90. The molecule has 100 valence electrons. The summed E-state index contributed by atoms with van der Waals surface area (Å²) < 4.78 is 0. The second-order valence-electron chi connectivity index (χ2n) is 5.67. The Morgan fingerprint density at radius 1 is 1.17 bits per heavy atom. The van der Waals surface area contributed by atoms with Gasteiger partial charge in [-0.3, -0.25) is 4.90 Å². The molecule has 2 nitrogen and oxygen atoms in total. The van der Waals surface area contributed by atoms with Crippen LogP contribution in [0.15, 0.2) is 17.5 Å². The van der Waals surface area contributed by atoms with Crippen molar-refractivity contribution >= 4 is 11.3 Å². The summed E-state index contributed by atoms with van der Waals surface area (Å²) >= 11 is 1.90. The molecule has 0 N–H and O–H groups in total. The molecule has 3 heterocycles. The van der Waals surface area contributed by atoms with Crippen LogP contribution in [-0.4, -0.2) is 48.6 Å².